The number of hydrogen-bond acceptors (Lipinski definition) is 4. The van der Waals surface area contributed by atoms with Gasteiger partial charge in [0.05, 0.1) is 13.2 Å². The molecule has 0 aromatic heterocycles. The minimum atomic E-state index is -1.29. The summed E-state index contributed by atoms with van der Waals surface area (Å²) in [4.78, 5) is 23.1. The Bertz CT molecular complexity index is 683. The highest BCUT2D eigenvalue weighted by Crippen LogP contribution is 2.20. The molecule has 0 aliphatic rings. The van der Waals surface area contributed by atoms with E-state index < -0.39 is 23.7 Å². The lowest BCUT2D eigenvalue weighted by Crippen LogP contribution is -2.34. The van der Waals surface area contributed by atoms with E-state index in [9.17, 15) is 19.1 Å². The van der Waals surface area contributed by atoms with Crippen molar-refractivity contribution in [2.24, 2.45) is 0 Å². The molecule has 6 heteroatoms. The van der Waals surface area contributed by atoms with E-state index in [-0.39, 0.29) is 12.0 Å². The van der Waals surface area contributed by atoms with Gasteiger partial charge in [-0.05, 0) is 42.0 Å². The van der Waals surface area contributed by atoms with Crippen LogP contribution in [0.2, 0.25) is 0 Å². The molecule has 1 unspecified atom stereocenters. The van der Waals surface area contributed by atoms with Crippen LogP contribution in [0, 0.1) is 5.82 Å². The third-order valence-corrected chi connectivity index (χ3v) is 3.30. The lowest BCUT2D eigenvalue weighted by atomic mass is 10.0. The number of hydrogen-bond donors (Lipinski definition) is 1. The number of benzene rings is 2. The highest BCUT2D eigenvalue weighted by atomic mass is 19.1. The number of carboxylic acids is 1. The summed E-state index contributed by atoms with van der Waals surface area (Å²) >= 11 is 0. The molecule has 2 aromatic rings. The molecule has 23 heavy (non-hydrogen) atoms. The van der Waals surface area contributed by atoms with E-state index in [0.717, 1.165) is 12.1 Å². The number of carboxylic acid groups (broad SMARTS) is 1. The van der Waals surface area contributed by atoms with Crippen molar-refractivity contribution in [2.75, 3.05) is 7.11 Å². The van der Waals surface area contributed by atoms with Crippen LogP contribution in [0.15, 0.2) is 48.5 Å². The Hall–Kier alpha value is -2.89. The number of carbonyl (C=O) groups excluding carboxylic acids is 2. The van der Waals surface area contributed by atoms with E-state index >= 15 is 0 Å². The van der Waals surface area contributed by atoms with Gasteiger partial charge in [-0.25, -0.2) is 4.39 Å². The number of halogens is 1. The van der Waals surface area contributed by atoms with Gasteiger partial charge in [0.15, 0.2) is 0 Å². The molecule has 0 saturated heterocycles. The largest absolute Gasteiger partial charge is 0.550 e. The van der Waals surface area contributed by atoms with Gasteiger partial charge in [0.25, 0.3) is 5.91 Å². The fourth-order valence-corrected chi connectivity index (χ4v) is 2.10. The number of methoxy groups -OCH3 is 1. The molecule has 0 bridgehead atoms. The van der Waals surface area contributed by atoms with E-state index in [4.69, 9.17) is 4.74 Å². The summed E-state index contributed by atoms with van der Waals surface area (Å²) in [6.07, 6.45) is -0.376. The predicted octanol–water partition coefficient (Wildman–Crippen LogP) is 1.45. The average Bonchev–Trinajstić information content (AvgIpc) is 2.54. The Morgan fingerprint density at radius 1 is 1.13 bits per heavy atom. The lowest BCUT2D eigenvalue weighted by Gasteiger charge is -2.20. The van der Waals surface area contributed by atoms with Gasteiger partial charge in [-0.3, -0.25) is 4.79 Å². The van der Waals surface area contributed by atoms with Gasteiger partial charge < -0.3 is 20.0 Å². The number of aliphatic carboxylic acids is 1. The maximum Gasteiger partial charge on any atom is 0.251 e. The van der Waals surface area contributed by atoms with Crippen LogP contribution in [0.25, 0.3) is 0 Å². The highest BCUT2D eigenvalue weighted by Gasteiger charge is 2.16. The molecule has 0 heterocycles. The molecule has 0 radical (unpaired) electrons. The maximum absolute atomic E-state index is 12.9. The highest BCUT2D eigenvalue weighted by molar-refractivity contribution is 5.94. The quantitative estimate of drug-likeness (QED) is 0.875. The molecule has 0 fully saturated rings. The van der Waals surface area contributed by atoms with Gasteiger partial charge in [-0.15, -0.1) is 0 Å². The molecule has 1 atom stereocenters. The topological polar surface area (TPSA) is 78.5 Å². The first-order chi connectivity index (χ1) is 11.0. The molecule has 0 saturated carbocycles. The van der Waals surface area contributed by atoms with Crippen molar-refractivity contribution in [1.82, 2.24) is 5.32 Å². The summed E-state index contributed by atoms with van der Waals surface area (Å²) in [5, 5.41) is 13.5. The minimum Gasteiger partial charge on any atom is -0.550 e. The molecule has 2 aromatic carbocycles. The van der Waals surface area contributed by atoms with Crippen LogP contribution < -0.4 is 15.2 Å². The molecule has 5 nitrogen and oxygen atoms in total. The van der Waals surface area contributed by atoms with Crippen LogP contribution in [-0.2, 0) is 4.79 Å². The van der Waals surface area contributed by atoms with Crippen molar-refractivity contribution in [3.63, 3.8) is 0 Å². The summed E-state index contributed by atoms with van der Waals surface area (Å²) in [5.41, 5.74) is 0.841. The predicted molar refractivity (Wildman–Crippen MR) is 79.2 cm³/mol. The molecule has 120 valence electrons. The number of rotatable bonds is 6. The Morgan fingerprint density at radius 2 is 1.74 bits per heavy atom. The number of carbonyl (C=O) groups is 2. The number of nitrogens with one attached hydrogen (secondary N) is 1. The van der Waals surface area contributed by atoms with E-state index in [1.54, 1.807) is 24.3 Å². The molecule has 0 aliphatic carbocycles. The molecule has 0 aliphatic heterocycles. The van der Waals surface area contributed by atoms with Crippen molar-refractivity contribution < 1.29 is 23.8 Å². The third-order valence-electron chi connectivity index (χ3n) is 3.30. The van der Waals surface area contributed by atoms with Crippen LogP contribution in [-0.4, -0.2) is 19.0 Å². The third kappa shape index (κ3) is 4.54. The first-order valence-corrected chi connectivity index (χ1v) is 6.90. The monoisotopic (exact) mass is 316 g/mol. The van der Waals surface area contributed by atoms with E-state index in [1.807, 2.05) is 0 Å². The fraction of sp³-hybridized carbons (Fsp3) is 0.176. The van der Waals surface area contributed by atoms with Crippen molar-refractivity contribution in [2.45, 2.75) is 12.5 Å². The number of amides is 1. The smallest absolute Gasteiger partial charge is 0.251 e. The number of ether oxygens (including phenoxy) is 1. The Kier molecular flexibility index (Phi) is 5.30. The summed E-state index contributed by atoms with van der Waals surface area (Å²) < 4.78 is 17.9. The lowest BCUT2D eigenvalue weighted by molar-refractivity contribution is -0.306. The first kappa shape index (κ1) is 16.5. The Labute approximate surface area is 132 Å². The van der Waals surface area contributed by atoms with Crippen LogP contribution in [0.3, 0.4) is 0 Å². The Balaban J connectivity index is 2.18. The first-order valence-electron chi connectivity index (χ1n) is 6.90. The van der Waals surface area contributed by atoms with Gasteiger partial charge >= 0.3 is 0 Å². The van der Waals surface area contributed by atoms with Gasteiger partial charge in [-0.2, -0.15) is 0 Å². The van der Waals surface area contributed by atoms with Gasteiger partial charge in [0.2, 0.25) is 0 Å². The summed E-state index contributed by atoms with van der Waals surface area (Å²) in [5.74, 6) is -1.62. The normalized spacial score (nSPS) is 11.6. The van der Waals surface area contributed by atoms with Crippen molar-refractivity contribution in [3.8, 4) is 5.75 Å². The fourth-order valence-electron chi connectivity index (χ4n) is 2.10. The van der Waals surface area contributed by atoms with Crippen LogP contribution in [0.5, 0.6) is 5.75 Å². The van der Waals surface area contributed by atoms with Gasteiger partial charge in [0, 0.05) is 18.0 Å². The van der Waals surface area contributed by atoms with Gasteiger partial charge in [0.1, 0.15) is 11.6 Å². The Morgan fingerprint density at radius 3 is 2.26 bits per heavy atom. The summed E-state index contributed by atoms with van der Waals surface area (Å²) in [6.45, 7) is 0. The second-order valence-corrected chi connectivity index (χ2v) is 4.88. The molecule has 1 N–H and O–H groups in total. The maximum atomic E-state index is 12.9. The summed E-state index contributed by atoms with van der Waals surface area (Å²) in [7, 11) is 1.52. The van der Waals surface area contributed by atoms with Gasteiger partial charge in [-0.1, -0.05) is 12.1 Å². The van der Waals surface area contributed by atoms with Crippen molar-refractivity contribution in [3.05, 3.63) is 65.5 Å². The van der Waals surface area contributed by atoms with Crippen molar-refractivity contribution >= 4 is 11.9 Å². The van der Waals surface area contributed by atoms with Crippen LogP contribution in [0.1, 0.15) is 28.4 Å². The van der Waals surface area contributed by atoms with Crippen LogP contribution >= 0.6 is 0 Å². The minimum absolute atomic E-state index is 0.239. The second kappa shape index (κ2) is 7.40. The molecular formula is C17H15FNO4-. The molecular weight excluding hydrogens is 301 g/mol. The van der Waals surface area contributed by atoms with Crippen LogP contribution in [0.4, 0.5) is 4.39 Å². The standard InChI is InChI=1S/C17H16FNO4/c1-23-14-8-4-11(5-9-14)15(10-16(20)21)19-17(22)12-2-6-13(18)7-3-12/h2-9,15H,10H2,1H3,(H,19,22)(H,20,21)/p-1. The molecule has 2 rings (SSSR count). The van der Waals surface area contributed by atoms with Crippen molar-refractivity contribution in [1.29, 1.82) is 0 Å². The van der Waals surface area contributed by atoms with E-state index in [1.165, 1.54) is 19.2 Å². The average molecular weight is 316 g/mol. The zero-order chi connectivity index (χ0) is 16.8. The summed E-state index contributed by atoms with van der Waals surface area (Å²) in [6, 6.07) is 10.9. The molecule has 1 amide bonds. The zero-order valence-electron chi connectivity index (χ0n) is 12.4. The van der Waals surface area contributed by atoms with E-state index in [0.29, 0.717) is 11.3 Å². The SMILES string of the molecule is COc1ccc(C(CC(=O)[O-])NC(=O)c2ccc(F)cc2)cc1. The second-order valence-electron chi connectivity index (χ2n) is 4.88. The zero-order valence-corrected chi connectivity index (χ0v) is 12.4. The van der Waals surface area contributed by atoms with E-state index in [2.05, 4.69) is 5.32 Å². The molecule has 0 spiro atoms.